The minimum atomic E-state index is -0.421. The molecule has 0 aromatic heterocycles. The molecule has 0 aliphatic carbocycles. The summed E-state index contributed by atoms with van der Waals surface area (Å²) in [4.78, 5) is 57.1. The van der Waals surface area contributed by atoms with Gasteiger partial charge in [-0.3, -0.25) is 14.4 Å². The third-order valence-corrected chi connectivity index (χ3v) is 7.78. The van der Waals surface area contributed by atoms with Crippen LogP contribution in [0.4, 0.5) is 0 Å². The van der Waals surface area contributed by atoms with Crippen LogP contribution in [0.1, 0.15) is 79.7 Å². The molecule has 0 saturated carbocycles. The van der Waals surface area contributed by atoms with Crippen molar-refractivity contribution >= 4 is 31.3 Å². The molecule has 0 spiro atoms. The van der Waals surface area contributed by atoms with Gasteiger partial charge in [0.1, 0.15) is 18.3 Å². The molecule has 1 aromatic carbocycles. The number of hydrogen-bond acceptors (Lipinski definition) is 9. The molecule has 3 unspecified atom stereocenters. The molecule has 12 heteroatoms. The number of hydrogen-bond donors (Lipinski definition) is 2. The number of methoxy groups -OCH3 is 1. The molecule has 3 N–H and O–H groups in total. The number of carbonyl (C=O) groups excluding carboxylic acids is 5. The van der Waals surface area contributed by atoms with Crippen molar-refractivity contribution in [3.05, 3.63) is 29.8 Å². The normalized spacial score (nSPS) is 17.2. The lowest BCUT2D eigenvalue weighted by Crippen LogP contribution is -2.48. The summed E-state index contributed by atoms with van der Waals surface area (Å²) in [6.07, 6.45) is 8.14. The predicted octanol–water partition coefficient (Wildman–Crippen LogP) is 3.34. The van der Waals surface area contributed by atoms with E-state index >= 15 is 0 Å². The quantitative estimate of drug-likeness (QED) is 0.355. The van der Waals surface area contributed by atoms with Gasteiger partial charge < -0.3 is 44.8 Å². The fourth-order valence-electron chi connectivity index (χ4n) is 4.50. The Bertz CT molecular complexity index is 1020. The zero-order valence-corrected chi connectivity index (χ0v) is 31.5. The van der Waals surface area contributed by atoms with Gasteiger partial charge in [-0.05, 0) is 85.5 Å². The van der Waals surface area contributed by atoms with Gasteiger partial charge in [0.05, 0.1) is 24.8 Å². The lowest BCUT2D eigenvalue weighted by Gasteiger charge is -2.33. The first kappa shape index (κ1) is 46.8. The molecule has 12 nitrogen and oxygen atoms in total. The van der Waals surface area contributed by atoms with Crippen LogP contribution in [0.25, 0.3) is 0 Å². The van der Waals surface area contributed by atoms with E-state index in [4.69, 9.17) is 14.3 Å². The zero-order chi connectivity index (χ0) is 37.3. The summed E-state index contributed by atoms with van der Waals surface area (Å²) in [6, 6.07) is 9.11. The summed E-state index contributed by atoms with van der Waals surface area (Å²) in [5, 5.41) is 2.96. The van der Waals surface area contributed by atoms with Crippen molar-refractivity contribution in [1.29, 1.82) is 0 Å². The highest BCUT2D eigenvalue weighted by Gasteiger charge is 2.31. The lowest BCUT2D eigenvalue weighted by atomic mass is 9.94. The molecule has 3 amide bonds. The number of fused-ring (bicyclic) bond motifs is 1. The Kier molecular flexibility index (Phi) is 25.0. The van der Waals surface area contributed by atoms with Crippen molar-refractivity contribution in [2.75, 3.05) is 54.5 Å². The number of rotatable bonds is 10. The number of likely N-dealkylation sites (tertiary alicyclic amines) is 1. The van der Waals surface area contributed by atoms with E-state index in [9.17, 15) is 19.2 Å². The molecular weight excluding hydrogens is 614 g/mol. The molecule has 2 heterocycles. The van der Waals surface area contributed by atoms with E-state index in [0.717, 1.165) is 31.5 Å². The fraction of sp³-hybridized carbons (Fsp3) is 0.694. The van der Waals surface area contributed by atoms with Crippen LogP contribution in [0, 0.1) is 5.41 Å². The van der Waals surface area contributed by atoms with Crippen LogP contribution in [-0.2, 0) is 35.1 Å². The molecular formula is C36H65N5O7. The van der Waals surface area contributed by atoms with Crippen molar-refractivity contribution in [3.8, 4) is 5.75 Å². The molecule has 3 atom stereocenters. The predicted molar refractivity (Wildman–Crippen MR) is 192 cm³/mol. The van der Waals surface area contributed by atoms with Gasteiger partial charge in [0.15, 0.2) is 0 Å². The number of aryl methyl sites for hydroxylation is 1. The van der Waals surface area contributed by atoms with Gasteiger partial charge in [-0.15, -0.1) is 0 Å². The smallest absolute Gasteiger partial charge is 0.228 e. The average Bonchev–Trinajstić information content (AvgIpc) is 3.37. The summed E-state index contributed by atoms with van der Waals surface area (Å²) in [7, 11) is 7.17. The summed E-state index contributed by atoms with van der Waals surface area (Å²) in [5.41, 5.74) is 5.14. The van der Waals surface area contributed by atoms with Gasteiger partial charge in [0.2, 0.25) is 18.7 Å². The van der Waals surface area contributed by atoms with Gasteiger partial charge in [0.25, 0.3) is 0 Å². The molecule has 3 rings (SSSR count). The van der Waals surface area contributed by atoms with E-state index in [-0.39, 0.29) is 30.5 Å². The van der Waals surface area contributed by atoms with Crippen LogP contribution in [0.3, 0.4) is 0 Å². The topological polar surface area (TPSA) is 152 Å². The summed E-state index contributed by atoms with van der Waals surface area (Å²) in [6.45, 7) is 16.3. The number of nitrogens with zero attached hydrogens (tertiary/aromatic N) is 3. The van der Waals surface area contributed by atoms with Crippen molar-refractivity contribution in [2.24, 2.45) is 11.1 Å². The molecule has 0 bridgehead atoms. The van der Waals surface area contributed by atoms with Crippen LogP contribution in [0.15, 0.2) is 24.3 Å². The molecule has 48 heavy (non-hydrogen) atoms. The molecule has 2 aliphatic rings. The van der Waals surface area contributed by atoms with Crippen molar-refractivity contribution < 1.29 is 33.4 Å². The maximum atomic E-state index is 12.7. The van der Waals surface area contributed by atoms with Crippen molar-refractivity contribution in [1.82, 2.24) is 20.0 Å². The Morgan fingerprint density at radius 1 is 1.12 bits per heavy atom. The summed E-state index contributed by atoms with van der Waals surface area (Å²) in [5.74, 6) is 1.19. The molecule has 1 saturated heterocycles. The average molecular weight is 680 g/mol. The number of amides is 3. The number of aldehydes is 2. The first-order valence-electron chi connectivity index (χ1n) is 16.6. The van der Waals surface area contributed by atoms with Crippen LogP contribution >= 0.6 is 0 Å². The van der Waals surface area contributed by atoms with E-state index in [2.05, 4.69) is 42.1 Å². The van der Waals surface area contributed by atoms with Gasteiger partial charge in [-0.2, -0.15) is 0 Å². The van der Waals surface area contributed by atoms with Gasteiger partial charge in [0, 0.05) is 44.7 Å². The fourth-order valence-corrected chi connectivity index (χ4v) is 4.50. The van der Waals surface area contributed by atoms with E-state index in [1.54, 1.807) is 21.2 Å². The van der Waals surface area contributed by atoms with Crippen LogP contribution < -0.4 is 15.8 Å². The third kappa shape index (κ3) is 21.5. The van der Waals surface area contributed by atoms with Crippen molar-refractivity contribution in [3.63, 3.8) is 0 Å². The second-order valence-corrected chi connectivity index (χ2v) is 13.8. The second kappa shape index (κ2) is 25.6. The number of nitrogens with two attached hydrogens (primary N) is 1. The largest absolute Gasteiger partial charge is 0.493 e. The van der Waals surface area contributed by atoms with Gasteiger partial charge >= 0.3 is 0 Å². The zero-order valence-electron chi connectivity index (χ0n) is 31.5. The van der Waals surface area contributed by atoms with Crippen molar-refractivity contribution in [2.45, 2.75) is 104 Å². The number of para-hydroxylation sites is 1. The summed E-state index contributed by atoms with van der Waals surface area (Å²) < 4.78 is 10.4. The number of likely N-dealkylation sites (N-methyl/N-ethyl adjacent to an activating group) is 2. The van der Waals surface area contributed by atoms with Crippen LogP contribution in [-0.4, -0.2) is 124 Å². The maximum Gasteiger partial charge on any atom is 0.228 e. The van der Waals surface area contributed by atoms with Gasteiger partial charge in [-0.25, -0.2) is 0 Å². The SMILES string of the molecule is CN(C=O)CC=O.CNC(C=O)CN(CCC1CCC(C)N1C)C(=O)C(C)(C)C.COC(C)(C)C.NC=O.c1ccc2c(c1)CCCO2. The lowest BCUT2D eigenvalue weighted by molar-refractivity contribution is -0.140. The minimum absolute atomic E-state index is 0.0417. The third-order valence-electron chi connectivity index (χ3n) is 7.78. The minimum Gasteiger partial charge on any atom is -0.493 e. The highest BCUT2D eigenvalue weighted by atomic mass is 16.5. The molecule has 2 aliphatic heterocycles. The number of carbonyl (C=O) groups is 5. The Hall–Kier alpha value is -3.35. The molecule has 1 fully saturated rings. The van der Waals surface area contributed by atoms with Crippen LogP contribution in [0.5, 0.6) is 5.75 Å². The molecule has 0 radical (unpaired) electrons. The standard InChI is InChI=1S/C17H33N3O2.C9H10O.C5H12O.C4H7NO2.CH3NO/c1-13-7-8-15(19(13)6)9-10-20(11-14(12-21)18-5)16(22)17(2,3)4;1-2-6-9-8(4-1)5-3-7-10-9;1-5(2,3)6-4;1-5(4-7)2-3-6;2-1-3/h12-15,18H,7-11H2,1-6H3;1-2,4,6H,3,5,7H2;1-4H3;3-4H,2H2,1H3;1H,(H2,2,3). The van der Waals surface area contributed by atoms with E-state index in [1.807, 2.05) is 58.6 Å². The second-order valence-electron chi connectivity index (χ2n) is 13.8. The van der Waals surface area contributed by atoms with E-state index < -0.39 is 5.41 Å². The first-order chi connectivity index (χ1) is 22.5. The van der Waals surface area contributed by atoms with E-state index in [0.29, 0.717) is 37.9 Å². The maximum absolute atomic E-state index is 12.7. The highest BCUT2D eigenvalue weighted by Crippen LogP contribution is 2.25. The van der Waals surface area contributed by atoms with E-state index in [1.165, 1.54) is 29.7 Å². The Morgan fingerprint density at radius 3 is 2.10 bits per heavy atom. The highest BCUT2D eigenvalue weighted by molar-refractivity contribution is 5.82. The Morgan fingerprint density at radius 2 is 1.71 bits per heavy atom. The number of primary amides is 1. The molecule has 1 aromatic rings. The number of benzene rings is 1. The monoisotopic (exact) mass is 679 g/mol. The Balaban J connectivity index is 0. The number of ether oxygens (including phenoxy) is 2. The van der Waals surface area contributed by atoms with Crippen LogP contribution in [0.2, 0.25) is 0 Å². The number of nitrogens with one attached hydrogen (secondary N) is 1. The summed E-state index contributed by atoms with van der Waals surface area (Å²) >= 11 is 0. The molecule has 276 valence electrons. The Labute approximate surface area is 290 Å². The van der Waals surface area contributed by atoms with Gasteiger partial charge in [-0.1, -0.05) is 39.0 Å². The first-order valence-corrected chi connectivity index (χ1v) is 16.6.